The highest BCUT2D eigenvalue weighted by atomic mass is 16.2. The first-order valence-electron chi connectivity index (χ1n) is 6.86. The Hall–Kier alpha value is -2.36. The van der Waals surface area contributed by atoms with Gasteiger partial charge in [0.1, 0.15) is 0 Å². The number of carbonyl (C=O) groups is 1. The first-order valence-corrected chi connectivity index (χ1v) is 6.86. The van der Waals surface area contributed by atoms with Gasteiger partial charge in [-0.25, -0.2) is 0 Å². The Kier molecular flexibility index (Phi) is 3.63. The van der Waals surface area contributed by atoms with Crippen molar-refractivity contribution in [3.05, 3.63) is 54.4 Å². The number of hydrogen-bond donors (Lipinski definition) is 2. The van der Waals surface area contributed by atoms with Gasteiger partial charge in [-0.1, -0.05) is 6.07 Å². The van der Waals surface area contributed by atoms with Crippen molar-refractivity contribution in [1.29, 1.82) is 0 Å². The molecule has 1 saturated carbocycles. The van der Waals surface area contributed by atoms with Crippen LogP contribution < -0.4 is 10.6 Å². The summed E-state index contributed by atoms with van der Waals surface area (Å²) in [5.74, 6) is 0.371. The van der Waals surface area contributed by atoms with Crippen LogP contribution in [0.15, 0.2) is 48.7 Å². The number of pyridine rings is 1. The Morgan fingerprint density at radius 2 is 1.85 bits per heavy atom. The predicted octanol–water partition coefficient (Wildman–Crippen LogP) is 3.04. The van der Waals surface area contributed by atoms with E-state index >= 15 is 0 Å². The topological polar surface area (TPSA) is 54.0 Å². The molecule has 0 atom stereocenters. The van der Waals surface area contributed by atoms with Crippen LogP contribution in [0.1, 0.15) is 18.5 Å². The molecule has 3 rings (SSSR count). The number of aromatic nitrogens is 1. The van der Waals surface area contributed by atoms with Gasteiger partial charge >= 0.3 is 0 Å². The highest BCUT2D eigenvalue weighted by Crippen LogP contribution is 2.30. The van der Waals surface area contributed by atoms with E-state index in [-0.39, 0.29) is 11.8 Å². The number of hydrogen-bond acceptors (Lipinski definition) is 3. The maximum absolute atomic E-state index is 11.6. The van der Waals surface area contributed by atoms with Crippen molar-refractivity contribution in [2.45, 2.75) is 19.4 Å². The molecule has 0 saturated heterocycles. The molecule has 4 heteroatoms. The SMILES string of the molecule is O=C(Nc1ccc(NCc2ccccn2)cc1)C1CC1. The Balaban J connectivity index is 1.54. The molecular formula is C16H17N3O. The third-order valence-electron chi connectivity index (χ3n) is 3.30. The van der Waals surface area contributed by atoms with E-state index in [1.54, 1.807) is 6.20 Å². The summed E-state index contributed by atoms with van der Waals surface area (Å²) in [7, 11) is 0. The molecule has 1 aliphatic carbocycles. The first-order chi connectivity index (χ1) is 9.81. The Bertz CT molecular complexity index is 576. The Morgan fingerprint density at radius 3 is 2.50 bits per heavy atom. The molecule has 0 radical (unpaired) electrons. The third kappa shape index (κ3) is 3.35. The zero-order valence-electron chi connectivity index (χ0n) is 11.2. The van der Waals surface area contributed by atoms with E-state index in [1.165, 1.54) is 0 Å². The van der Waals surface area contributed by atoms with Crippen LogP contribution in [0.2, 0.25) is 0 Å². The van der Waals surface area contributed by atoms with Crippen LogP contribution in [0.3, 0.4) is 0 Å². The van der Waals surface area contributed by atoms with Gasteiger partial charge < -0.3 is 10.6 Å². The van der Waals surface area contributed by atoms with Crippen LogP contribution in [0, 0.1) is 5.92 Å². The number of anilines is 2. The number of nitrogens with one attached hydrogen (secondary N) is 2. The van der Waals surface area contributed by atoms with Crippen LogP contribution in [0.5, 0.6) is 0 Å². The molecule has 0 unspecified atom stereocenters. The summed E-state index contributed by atoms with van der Waals surface area (Å²) < 4.78 is 0. The summed E-state index contributed by atoms with van der Waals surface area (Å²) >= 11 is 0. The maximum atomic E-state index is 11.6. The lowest BCUT2D eigenvalue weighted by Crippen LogP contribution is -2.13. The molecule has 0 spiro atoms. The molecule has 1 fully saturated rings. The minimum absolute atomic E-state index is 0.138. The lowest BCUT2D eigenvalue weighted by Gasteiger charge is -2.08. The zero-order chi connectivity index (χ0) is 13.8. The van der Waals surface area contributed by atoms with Crippen molar-refractivity contribution in [1.82, 2.24) is 4.98 Å². The van der Waals surface area contributed by atoms with Gasteiger partial charge in [0.2, 0.25) is 5.91 Å². The molecule has 2 N–H and O–H groups in total. The van der Waals surface area contributed by atoms with Crippen molar-refractivity contribution in [2.75, 3.05) is 10.6 Å². The summed E-state index contributed by atoms with van der Waals surface area (Å²) in [6, 6.07) is 13.6. The van der Waals surface area contributed by atoms with E-state index in [4.69, 9.17) is 0 Å². The Morgan fingerprint density at radius 1 is 1.10 bits per heavy atom. The Labute approximate surface area is 118 Å². The van der Waals surface area contributed by atoms with E-state index in [2.05, 4.69) is 15.6 Å². The molecule has 0 bridgehead atoms. The minimum atomic E-state index is 0.138. The molecule has 1 amide bonds. The molecule has 1 heterocycles. The lowest BCUT2D eigenvalue weighted by molar-refractivity contribution is -0.117. The summed E-state index contributed by atoms with van der Waals surface area (Å²) in [6.45, 7) is 0.689. The second-order valence-corrected chi connectivity index (χ2v) is 5.02. The predicted molar refractivity (Wildman–Crippen MR) is 79.4 cm³/mol. The van der Waals surface area contributed by atoms with Crippen molar-refractivity contribution in [2.24, 2.45) is 5.92 Å². The van der Waals surface area contributed by atoms with Crippen LogP contribution in [-0.2, 0) is 11.3 Å². The maximum Gasteiger partial charge on any atom is 0.227 e. The molecule has 102 valence electrons. The van der Waals surface area contributed by atoms with Crippen LogP contribution >= 0.6 is 0 Å². The largest absolute Gasteiger partial charge is 0.379 e. The molecule has 2 aromatic rings. The monoisotopic (exact) mass is 267 g/mol. The normalized spacial score (nSPS) is 13.8. The van der Waals surface area contributed by atoms with Gasteiger partial charge in [-0.3, -0.25) is 9.78 Å². The average Bonchev–Trinajstić information content (AvgIpc) is 3.32. The van der Waals surface area contributed by atoms with Crippen molar-refractivity contribution in [3.63, 3.8) is 0 Å². The van der Waals surface area contributed by atoms with E-state index in [0.29, 0.717) is 6.54 Å². The van der Waals surface area contributed by atoms with Crippen molar-refractivity contribution >= 4 is 17.3 Å². The third-order valence-corrected chi connectivity index (χ3v) is 3.30. The van der Waals surface area contributed by atoms with E-state index in [1.807, 2.05) is 42.5 Å². The van der Waals surface area contributed by atoms with Crippen LogP contribution in [0.25, 0.3) is 0 Å². The van der Waals surface area contributed by atoms with Gasteiger partial charge in [-0.05, 0) is 49.2 Å². The number of carbonyl (C=O) groups excluding carboxylic acids is 1. The van der Waals surface area contributed by atoms with Crippen molar-refractivity contribution < 1.29 is 4.79 Å². The standard InChI is InChI=1S/C16H17N3O/c20-16(12-4-5-12)19-14-8-6-13(7-9-14)18-11-15-3-1-2-10-17-15/h1-3,6-10,12,18H,4-5,11H2,(H,19,20). The second kappa shape index (κ2) is 5.74. The molecule has 1 aromatic carbocycles. The van der Waals surface area contributed by atoms with E-state index in [0.717, 1.165) is 29.9 Å². The number of benzene rings is 1. The smallest absolute Gasteiger partial charge is 0.227 e. The summed E-state index contributed by atoms with van der Waals surface area (Å²) in [6.07, 6.45) is 3.83. The first kappa shape index (κ1) is 12.7. The van der Waals surface area contributed by atoms with Gasteiger partial charge in [0.15, 0.2) is 0 Å². The number of nitrogens with zero attached hydrogens (tertiary/aromatic N) is 1. The lowest BCUT2D eigenvalue weighted by atomic mass is 10.2. The minimum Gasteiger partial charge on any atom is -0.379 e. The second-order valence-electron chi connectivity index (χ2n) is 5.02. The van der Waals surface area contributed by atoms with E-state index in [9.17, 15) is 4.79 Å². The van der Waals surface area contributed by atoms with Crippen LogP contribution in [0.4, 0.5) is 11.4 Å². The fraction of sp³-hybridized carbons (Fsp3) is 0.250. The van der Waals surface area contributed by atoms with Gasteiger partial charge in [0, 0.05) is 23.5 Å². The molecule has 20 heavy (non-hydrogen) atoms. The van der Waals surface area contributed by atoms with Gasteiger partial charge in [0.25, 0.3) is 0 Å². The van der Waals surface area contributed by atoms with E-state index < -0.39 is 0 Å². The summed E-state index contributed by atoms with van der Waals surface area (Å²) in [5.41, 5.74) is 2.86. The van der Waals surface area contributed by atoms with Gasteiger partial charge in [0.05, 0.1) is 12.2 Å². The highest BCUT2D eigenvalue weighted by molar-refractivity contribution is 5.94. The van der Waals surface area contributed by atoms with Crippen molar-refractivity contribution in [3.8, 4) is 0 Å². The molecule has 4 nitrogen and oxygen atoms in total. The highest BCUT2D eigenvalue weighted by Gasteiger charge is 2.29. The van der Waals surface area contributed by atoms with Crippen LogP contribution in [-0.4, -0.2) is 10.9 Å². The fourth-order valence-corrected chi connectivity index (χ4v) is 1.96. The quantitative estimate of drug-likeness (QED) is 0.875. The zero-order valence-corrected chi connectivity index (χ0v) is 11.2. The number of rotatable bonds is 5. The fourth-order valence-electron chi connectivity index (χ4n) is 1.96. The molecule has 1 aliphatic rings. The molecular weight excluding hydrogens is 250 g/mol. The van der Waals surface area contributed by atoms with Gasteiger partial charge in [-0.15, -0.1) is 0 Å². The van der Waals surface area contributed by atoms with Gasteiger partial charge in [-0.2, -0.15) is 0 Å². The summed E-state index contributed by atoms with van der Waals surface area (Å²) in [4.78, 5) is 15.9. The molecule has 1 aromatic heterocycles. The number of amides is 1. The summed E-state index contributed by atoms with van der Waals surface area (Å²) in [5, 5.41) is 6.23. The average molecular weight is 267 g/mol. The molecule has 0 aliphatic heterocycles.